The third kappa shape index (κ3) is 3.56. The van der Waals surface area contributed by atoms with Gasteiger partial charge in [0.1, 0.15) is 11.9 Å². The Balaban J connectivity index is 2.07. The Hall–Kier alpha value is -2.43. The molecule has 0 atom stereocenters. The van der Waals surface area contributed by atoms with E-state index >= 15 is 0 Å². The van der Waals surface area contributed by atoms with Gasteiger partial charge in [-0.2, -0.15) is 0 Å². The molecule has 0 saturated carbocycles. The Labute approximate surface area is 122 Å². The van der Waals surface area contributed by atoms with Gasteiger partial charge in [-0.3, -0.25) is 4.79 Å². The molecule has 2 heterocycles. The molecule has 112 valence electrons. The van der Waals surface area contributed by atoms with Crippen LogP contribution in [-0.4, -0.2) is 43.5 Å². The van der Waals surface area contributed by atoms with Crippen molar-refractivity contribution in [3.8, 4) is 0 Å². The Bertz CT molecular complexity index is 667. The van der Waals surface area contributed by atoms with Crippen molar-refractivity contribution in [2.75, 3.05) is 12.9 Å². The number of imidazole rings is 1. The van der Waals surface area contributed by atoms with Crippen molar-refractivity contribution in [2.24, 2.45) is 0 Å². The van der Waals surface area contributed by atoms with Crippen LogP contribution in [0.1, 0.15) is 11.7 Å². The zero-order valence-electron chi connectivity index (χ0n) is 11.2. The van der Waals surface area contributed by atoms with Gasteiger partial charge in [0, 0.05) is 6.92 Å². The van der Waals surface area contributed by atoms with Gasteiger partial charge in [-0.25, -0.2) is 9.55 Å². The third-order valence-corrected chi connectivity index (χ3v) is 3.30. The van der Waals surface area contributed by atoms with E-state index in [0.29, 0.717) is 5.82 Å². The predicted octanol–water partition coefficient (Wildman–Crippen LogP) is 0.796. The fourth-order valence-corrected chi connectivity index (χ4v) is 2.09. The van der Waals surface area contributed by atoms with Crippen molar-refractivity contribution >= 4 is 23.5 Å². The summed E-state index contributed by atoms with van der Waals surface area (Å²) in [5.41, 5.74) is 0. The van der Waals surface area contributed by atoms with E-state index < -0.39 is 10.9 Å². The van der Waals surface area contributed by atoms with E-state index in [1.807, 2.05) is 0 Å². The number of esters is 1. The summed E-state index contributed by atoms with van der Waals surface area (Å²) in [6, 6.07) is 0. The Kier molecular flexibility index (Phi) is 4.52. The summed E-state index contributed by atoms with van der Waals surface area (Å²) in [6.07, 6.45) is 1.17. The van der Waals surface area contributed by atoms with Gasteiger partial charge in [0.15, 0.2) is 12.4 Å². The van der Waals surface area contributed by atoms with Crippen LogP contribution < -0.4 is 0 Å². The van der Waals surface area contributed by atoms with Gasteiger partial charge in [-0.1, -0.05) is 11.8 Å². The minimum atomic E-state index is -0.538. The van der Waals surface area contributed by atoms with Crippen LogP contribution in [0.2, 0.25) is 0 Å². The summed E-state index contributed by atoms with van der Waals surface area (Å²) in [6.45, 7) is 1.67. The Morgan fingerprint density at radius 1 is 1.57 bits per heavy atom. The zero-order chi connectivity index (χ0) is 15.4. The lowest BCUT2D eigenvalue weighted by molar-refractivity contribution is -0.392. The monoisotopic (exact) mass is 313 g/mol. The Morgan fingerprint density at radius 2 is 2.33 bits per heavy atom. The second kappa shape index (κ2) is 6.35. The molecule has 0 N–H and O–H groups in total. The number of rotatable bonds is 6. The van der Waals surface area contributed by atoms with E-state index in [1.165, 1.54) is 17.9 Å². The number of carbonyl (C=O) groups excluding carboxylic acids is 1. The second-order valence-corrected chi connectivity index (χ2v) is 4.76. The number of hydrogen-bond acceptors (Lipinski definition) is 9. The molecule has 10 nitrogen and oxygen atoms in total. The molecule has 2 rings (SSSR count). The number of thioether (sulfide) groups is 1. The van der Waals surface area contributed by atoms with E-state index in [2.05, 4.69) is 19.9 Å². The maximum Gasteiger partial charge on any atom is 0.343 e. The maximum atomic E-state index is 11.0. The van der Waals surface area contributed by atoms with Crippen LogP contribution in [0.4, 0.5) is 5.82 Å². The first-order valence-electron chi connectivity index (χ1n) is 5.69. The number of aromatic nitrogens is 4. The minimum absolute atomic E-state index is 0.0356. The van der Waals surface area contributed by atoms with Crippen molar-refractivity contribution < 1.29 is 18.9 Å². The maximum absolute atomic E-state index is 11.0. The first-order valence-corrected chi connectivity index (χ1v) is 6.68. The lowest BCUT2D eigenvalue weighted by Gasteiger charge is -1.99. The quantitative estimate of drug-likeness (QED) is 0.329. The molecule has 0 radical (unpaired) electrons. The largest absolute Gasteiger partial charge is 0.468 e. The van der Waals surface area contributed by atoms with Crippen LogP contribution >= 0.6 is 11.8 Å². The number of nitro groups is 1. The third-order valence-electron chi connectivity index (χ3n) is 2.50. The number of hydrogen-bond donors (Lipinski definition) is 0. The number of nitrogens with zero attached hydrogens (tertiary/aromatic N) is 5. The van der Waals surface area contributed by atoms with Crippen LogP contribution in [0, 0.1) is 17.0 Å². The number of aryl methyl sites for hydroxylation is 1. The molecule has 2 aromatic heterocycles. The van der Waals surface area contributed by atoms with Gasteiger partial charge in [0.25, 0.3) is 11.1 Å². The van der Waals surface area contributed by atoms with E-state index in [1.54, 1.807) is 6.92 Å². The molecule has 21 heavy (non-hydrogen) atoms. The van der Waals surface area contributed by atoms with Crippen molar-refractivity contribution in [1.29, 1.82) is 0 Å². The van der Waals surface area contributed by atoms with Crippen LogP contribution in [0.3, 0.4) is 0 Å². The van der Waals surface area contributed by atoms with Crippen molar-refractivity contribution in [3.63, 3.8) is 0 Å². The molecule has 0 aliphatic rings. The molecule has 0 aliphatic heterocycles. The summed E-state index contributed by atoms with van der Waals surface area (Å²) in [5, 5.41) is 18.6. The fourth-order valence-electron chi connectivity index (χ4n) is 1.47. The van der Waals surface area contributed by atoms with E-state index in [0.717, 1.165) is 11.8 Å². The molecule has 0 saturated heterocycles. The molecular weight excluding hydrogens is 302 g/mol. The minimum Gasteiger partial charge on any atom is -0.468 e. The topological polar surface area (TPSA) is 126 Å². The van der Waals surface area contributed by atoms with Crippen LogP contribution in [0.25, 0.3) is 0 Å². The van der Waals surface area contributed by atoms with E-state index in [-0.39, 0.29) is 29.2 Å². The summed E-state index contributed by atoms with van der Waals surface area (Å²) in [7, 11) is 1.28. The summed E-state index contributed by atoms with van der Waals surface area (Å²) >= 11 is 1.03. The van der Waals surface area contributed by atoms with Crippen molar-refractivity contribution in [2.45, 2.75) is 18.7 Å². The summed E-state index contributed by atoms with van der Waals surface area (Å²) in [4.78, 5) is 25.2. The molecular formula is C10H11N5O5S. The van der Waals surface area contributed by atoms with Crippen molar-refractivity contribution in [3.05, 3.63) is 28.0 Å². The lowest BCUT2D eigenvalue weighted by atomic mass is 10.5. The van der Waals surface area contributed by atoms with Gasteiger partial charge in [0.05, 0.1) is 7.11 Å². The highest BCUT2D eigenvalue weighted by Crippen LogP contribution is 2.19. The van der Waals surface area contributed by atoms with Gasteiger partial charge < -0.3 is 19.3 Å². The van der Waals surface area contributed by atoms with Gasteiger partial charge in [0.2, 0.25) is 0 Å². The van der Waals surface area contributed by atoms with Crippen LogP contribution in [0.15, 0.2) is 15.8 Å². The van der Waals surface area contributed by atoms with Gasteiger partial charge in [-0.05, 0) is 4.92 Å². The summed E-state index contributed by atoms with van der Waals surface area (Å²) < 4.78 is 11.1. The van der Waals surface area contributed by atoms with E-state index in [4.69, 9.17) is 4.42 Å². The second-order valence-electron chi connectivity index (χ2n) is 3.83. The fraction of sp³-hybridized carbons (Fsp3) is 0.400. The highest BCUT2D eigenvalue weighted by Gasteiger charge is 2.20. The highest BCUT2D eigenvalue weighted by atomic mass is 32.2. The first kappa shape index (κ1) is 15.0. The molecule has 0 fully saturated rings. The average molecular weight is 313 g/mol. The average Bonchev–Trinajstić information content (AvgIpc) is 3.04. The van der Waals surface area contributed by atoms with E-state index in [9.17, 15) is 14.9 Å². The first-order chi connectivity index (χ1) is 10.0. The van der Waals surface area contributed by atoms with Crippen LogP contribution in [-0.2, 0) is 16.1 Å². The van der Waals surface area contributed by atoms with Crippen LogP contribution in [0.5, 0.6) is 0 Å². The number of ether oxygens (including phenoxy) is 1. The van der Waals surface area contributed by atoms with Crippen molar-refractivity contribution in [1.82, 2.24) is 19.7 Å². The van der Waals surface area contributed by atoms with Gasteiger partial charge in [-0.15, -0.1) is 10.2 Å². The SMILES string of the molecule is COC(=O)CSc1nnc(Cn2c([N+](=O)[O-])cnc2C)o1. The standard InChI is InChI=1S/C10H11N5O5S/c1-6-11-3-8(15(17)18)14(6)4-7-12-13-10(20-7)21-5-9(16)19-2/h3H,4-5H2,1-2H3. The number of carbonyl (C=O) groups is 1. The molecule has 0 unspecified atom stereocenters. The zero-order valence-corrected chi connectivity index (χ0v) is 12.0. The number of methoxy groups -OCH3 is 1. The molecule has 11 heteroatoms. The molecule has 2 aromatic rings. The highest BCUT2D eigenvalue weighted by molar-refractivity contribution is 7.99. The molecule has 0 aliphatic carbocycles. The molecule has 0 bridgehead atoms. The van der Waals surface area contributed by atoms with Gasteiger partial charge >= 0.3 is 11.8 Å². The molecule has 0 aromatic carbocycles. The molecule has 0 spiro atoms. The molecule has 0 amide bonds. The summed E-state index contributed by atoms with van der Waals surface area (Å²) in [5.74, 6) is 0.119. The lowest BCUT2D eigenvalue weighted by Crippen LogP contribution is -2.06. The Morgan fingerprint density at radius 3 is 3.00 bits per heavy atom. The smallest absolute Gasteiger partial charge is 0.343 e. The normalized spacial score (nSPS) is 10.6. The predicted molar refractivity (Wildman–Crippen MR) is 69.8 cm³/mol.